The Morgan fingerprint density at radius 1 is 1.03 bits per heavy atom. The molecule has 0 radical (unpaired) electrons. The van der Waals surface area contributed by atoms with Gasteiger partial charge in [0.15, 0.2) is 0 Å². The van der Waals surface area contributed by atoms with Gasteiger partial charge >= 0.3 is 12.1 Å². The van der Waals surface area contributed by atoms with Gasteiger partial charge in [0, 0.05) is 10.4 Å². The summed E-state index contributed by atoms with van der Waals surface area (Å²) in [5.41, 5.74) is 6.29. The highest BCUT2D eigenvalue weighted by atomic mass is 79.9. The number of nitrogens with one attached hydrogen (secondary N) is 1. The van der Waals surface area contributed by atoms with E-state index >= 15 is 0 Å². The van der Waals surface area contributed by atoms with Gasteiger partial charge in [-0.25, -0.2) is 4.79 Å². The maximum absolute atomic E-state index is 12.6. The molecule has 1 unspecified atom stereocenters. The number of carbonyl (C=O) groups is 2. The Morgan fingerprint density at radius 2 is 1.65 bits per heavy atom. The van der Waals surface area contributed by atoms with Crippen LogP contribution in [0.2, 0.25) is 0 Å². The molecule has 1 aliphatic carbocycles. The molecule has 0 bridgehead atoms. The number of ether oxygens (including phenoxy) is 1. The molecule has 3 aromatic rings. The van der Waals surface area contributed by atoms with Crippen LogP contribution in [0.4, 0.5) is 4.79 Å². The zero-order chi connectivity index (χ0) is 22.0. The van der Waals surface area contributed by atoms with Crippen molar-refractivity contribution in [1.82, 2.24) is 5.32 Å². The summed E-state index contributed by atoms with van der Waals surface area (Å²) in [5.74, 6) is -1.05. The third-order valence-corrected chi connectivity index (χ3v) is 6.47. The summed E-state index contributed by atoms with van der Waals surface area (Å²) in [4.78, 5) is 24.0. The highest BCUT2D eigenvalue weighted by Crippen LogP contribution is 2.44. The van der Waals surface area contributed by atoms with E-state index in [1.165, 1.54) is 0 Å². The lowest BCUT2D eigenvalue weighted by atomic mass is 9.98. The first-order valence-electron chi connectivity index (χ1n) is 10.0. The van der Waals surface area contributed by atoms with Gasteiger partial charge in [0.05, 0.1) is 12.5 Å². The normalized spacial score (nSPS) is 13.2. The van der Waals surface area contributed by atoms with Gasteiger partial charge in [-0.15, -0.1) is 0 Å². The molecule has 0 aromatic heterocycles. The number of hydrogen-bond donors (Lipinski definition) is 2. The van der Waals surface area contributed by atoms with Crippen LogP contribution >= 0.6 is 15.9 Å². The maximum Gasteiger partial charge on any atom is 0.407 e. The summed E-state index contributed by atoms with van der Waals surface area (Å²) in [6.07, 6.45) is -0.871. The summed E-state index contributed by atoms with van der Waals surface area (Å²) in [7, 11) is 0. The fourth-order valence-electron chi connectivity index (χ4n) is 4.04. The van der Waals surface area contributed by atoms with E-state index in [1.807, 2.05) is 49.4 Å². The van der Waals surface area contributed by atoms with Gasteiger partial charge in [-0.2, -0.15) is 0 Å². The molecule has 158 valence electrons. The third-order valence-electron chi connectivity index (χ3n) is 5.61. The van der Waals surface area contributed by atoms with Crippen molar-refractivity contribution in [2.75, 3.05) is 6.61 Å². The van der Waals surface area contributed by atoms with Crippen LogP contribution in [0.25, 0.3) is 11.1 Å². The number of amides is 1. The minimum absolute atomic E-state index is 0.0513. The van der Waals surface area contributed by atoms with E-state index in [-0.39, 0.29) is 18.9 Å². The van der Waals surface area contributed by atoms with E-state index < -0.39 is 18.1 Å². The molecule has 0 heterocycles. The Hall–Kier alpha value is -3.12. The molecular formula is C25H22BrNO4. The van der Waals surface area contributed by atoms with Crippen LogP contribution in [0.3, 0.4) is 0 Å². The summed E-state index contributed by atoms with van der Waals surface area (Å²) in [5, 5.41) is 12.0. The number of benzene rings is 3. The first-order valence-corrected chi connectivity index (χ1v) is 10.8. The maximum atomic E-state index is 12.6. The van der Waals surface area contributed by atoms with Crippen molar-refractivity contribution in [1.29, 1.82) is 0 Å². The van der Waals surface area contributed by atoms with Crippen LogP contribution in [-0.4, -0.2) is 23.8 Å². The van der Waals surface area contributed by atoms with Crippen LogP contribution in [-0.2, 0) is 9.53 Å². The average Bonchev–Trinajstić information content (AvgIpc) is 3.07. The zero-order valence-corrected chi connectivity index (χ0v) is 18.6. The van der Waals surface area contributed by atoms with Crippen molar-refractivity contribution in [3.8, 4) is 11.1 Å². The molecule has 0 spiro atoms. The zero-order valence-electron chi connectivity index (χ0n) is 17.0. The fourth-order valence-corrected chi connectivity index (χ4v) is 4.43. The molecule has 0 saturated heterocycles. The lowest BCUT2D eigenvalue weighted by Crippen LogP contribution is -2.31. The number of carboxylic acids is 1. The Labute approximate surface area is 189 Å². The molecule has 2 N–H and O–H groups in total. The standard InChI is InChI=1S/C25H22BrNO4/c1-15-10-11-16(12-22(15)26)23(13-24(28)29)27-25(30)31-14-21-19-8-4-2-6-17(19)18-7-3-5-9-20(18)21/h2-12,21,23H,13-14H2,1H3,(H,27,30)(H,28,29). The van der Waals surface area contributed by atoms with Crippen LogP contribution < -0.4 is 5.32 Å². The highest BCUT2D eigenvalue weighted by Gasteiger charge is 2.29. The van der Waals surface area contributed by atoms with Gasteiger partial charge in [-0.1, -0.05) is 76.6 Å². The number of alkyl carbamates (subject to hydrolysis) is 1. The summed E-state index contributed by atoms with van der Waals surface area (Å²) >= 11 is 3.46. The van der Waals surface area contributed by atoms with Gasteiger partial charge in [-0.3, -0.25) is 4.79 Å². The molecule has 6 heteroatoms. The van der Waals surface area contributed by atoms with Crippen LogP contribution in [0.1, 0.15) is 40.6 Å². The van der Waals surface area contributed by atoms with E-state index in [2.05, 4.69) is 45.5 Å². The lowest BCUT2D eigenvalue weighted by molar-refractivity contribution is -0.137. The van der Waals surface area contributed by atoms with Crippen molar-refractivity contribution in [2.24, 2.45) is 0 Å². The molecule has 1 aliphatic rings. The van der Waals surface area contributed by atoms with E-state index in [0.717, 1.165) is 32.3 Å². The number of hydrogen-bond acceptors (Lipinski definition) is 3. The molecule has 31 heavy (non-hydrogen) atoms. The Bertz CT molecular complexity index is 1100. The molecule has 0 saturated carbocycles. The monoisotopic (exact) mass is 479 g/mol. The number of halogens is 1. The Kier molecular flexibility index (Phi) is 6.09. The van der Waals surface area contributed by atoms with Crippen LogP contribution in [0.15, 0.2) is 71.2 Å². The van der Waals surface area contributed by atoms with Crippen molar-refractivity contribution in [3.05, 3.63) is 93.5 Å². The molecule has 1 amide bonds. The van der Waals surface area contributed by atoms with E-state index in [9.17, 15) is 14.7 Å². The lowest BCUT2D eigenvalue weighted by Gasteiger charge is -2.20. The van der Waals surface area contributed by atoms with Crippen LogP contribution in [0.5, 0.6) is 0 Å². The molecule has 5 nitrogen and oxygen atoms in total. The number of carboxylic acid groups (broad SMARTS) is 1. The average molecular weight is 480 g/mol. The smallest absolute Gasteiger partial charge is 0.407 e. The number of carbonyl (C=O) groups excluding carboxylic acids is 1. The van der Waals surface area contributed by atoms with E-state index in [1.54, 1.807) is 0 Å². The second kappa shape index (κ2) is 8.94. The second-order valence-corrected chi connectivity index (χ2v) is 8.48. The Morgan fingerprint density at radius 3 is 2.23 bits per heavy atom. The molecular weight excluding hydrogens is 458 g/mol. The SMILES string of the molecule is Cc1ccc(C(CC(=O)O)NC(=O)OCC2c3ccccc3-c3ccccc32)cc1Br. The van der Waals surface area contributed by atoms with Crippen molar-refractivity contribution in [3.63, 3.8) is 0 Å². The minimum Gasteiger partial charge on any atom is -0.481 e. The topological polar surface area (TPSA) is 75.6 Å². The second-order valence-electron chi connectivity index (χ2n) is 7.63. The first kappa shape index (κ1) is 21.1. The summed E-state index contributed by atoms with van der Waals surface area (Å²) in [6.45, 7) is 2.12. The van der Waals surface area contributed by atoms with E-state index in [0.29, 0.717) is 5.56 Å². The highest BCUT2D eigenvalue weighted by molar-refractivity contribution is 9.10. The molecule has 1 atom stereocenters. The Balaban J connectivity index is 1.49. The number of fused-ring (bicyclic) bond motifs is 3. The van der Waals surface area contributed by atoms with Gasteiger partial charge in [0.2, 0.25) is 0 Å². The molecule has 0 fully saturated rings. The summed E-state index contributed by atoms with van der Waals surface area (Å²) in [6, 6.07) is 21.1. The first-order chi connectivity index (χ1) is 14.9. The fraction of sp³-hybridized carbons (Fsp3) is 0.200. The largest absolute Gasteiger partial charge is 0.481 e. The van der Waals surface area contributed by atoms with Crippen molar-refractivity contribution < 1.29 is 19.4 Å². The van der Waals surface area contributed by atoms with Crippen LogP contribution in [0, 0.1) is 6.92 Å². The van der Waals surface area contributed by atoms with Gasteiger partial charge in [0.25, 0.3) is 0 Å². The van der Waals surface area contributed by atoms with Gasteiger partial charge < -0.3 is 15.2 Å². The molecule has 4 rings (SSSR count). The quantitative estimate of drug-likeness (QED) is 0.467. The number of aliphatic carboxylic acids is 1. The molecule has 0 aliphatic heterocycles. The van der Waals surface area contributed by atoms with Crippen molar-refractivity contribution in [2.45, 2.75) is 25.3 Å². The molecule has 3 aromatic carbocycles. The minimum atomic E-state index is -0.999. The van der Waals surface area contributed by atoms with E-state index in [4.69, 9.17) is 4.74 Å². The number of aryl methyl sites for hydroxylation is 1. The predicted molar refractivity (Wildman–Crippen MR) is 122 cm³/mol. The number of rotatable bonds is 6. The predicted octanol–water partition coefficient (Wildman–Crippen LogP) is 5.81. The van der Waals surface area contributed by atoms with Gasteiger partial charge in [-0.05, 0) is 46.4 Å². The summed E-state index contributed by atoms with van der Waals surface area (Å²) < 4.78 is 6.43. The third kappa shape index (κ3) is 4.49. The van der Waals surface area contributed by atoms with Gasteiger partial charge in [0.1, 0.15) is 6.61 Å². The van der Waals surface area contributed by atoms with Crippen molar-refractivity contribution >= 4 is 28.0 Å².